The van der Waals surface area contributed by atoms with E-state index in [9.17, 15) is 0 Å². The molecule has 0 saturated carbocycles. The number of nitrogen functional groups attached to an aromatic ring is 1. The van der Waals surface area contributed by atoms with Gasteiger partial charge >= 0.3 is 0 Å². The van der Waals surface area contributed by atoms with Crippen LogP contribution in [0.5, 0.6) is 0 Å². The molecule has 0 saturated heterocycles. The zero-order valence-corrected chi connectivity index (χ0v) is 7.58. The van der Waals surface area contributed by atoms with Crippen molar-refractivity contribution < 1.29 is 4.74 Å². The van der Waals surface area contributed by atoms with Crippen LogP contribution >= 0.6 is 0 Å². The fourth-order valence-electron chi connectivity index (χ4n) is 1.02. The van der Waals surface area contributed by atoms with Crippen LogP contribution in [0.3, 0.4) is 0 Å². The molecular formula is C8H15N3O. The maximum absolute atomic E-state index is 5.58. The number of aromatic nitrogens is 2. The van der Waals surface area contributed by atoms with E-state index < -0.39 is 0 Å². The van der Waals surface area contributed by atoms with E-state index in [1.165, 1.54) is 0 Å². The highest BCUT2D eigenvalue weighted by molar-refractivity contribution is 5.35. The van der Waals surface area contributed by atoms with E-state index in [4.69, 9.17) is 10.5 Å². The Balaban J connectivity index is 2.42. The van der Waals surface area contributed by atoms with Crippen LogP contribution in [0.15, 0.2) is 6.20 Å². The Morgan fingerprint density at radius 1 is 1.67 bits per heavy atom. The number of methoxy groups -OCH3 is 1. The third-order valence-electron chi connectivity index (χ3n) is 1.72. The number of anilines is 1. The SMILES string of the molecule is COCCCn1cc(C)c(N)n1. The van der Waals surface area contributed by atoms with Gasteiger partial charge in [0.05, 0.1) is 0 Å². The normalized spacial score (nSPS) is 10.5. The molecule has 12 heavy (non-hydrogen) atoms. The molecule has 0 radical (unpaired) electrons. The first-order valence-corrected chi connectivity index (χ1v) is 4.02. The molecule has 1 aromatic heterocycles. The number of rotatable bonds is 4. The van der Waals surface area contributed by atoms with Crippen LogP contribution in [0.25, 0.3) is 0 Å². The summed E-state index contributed by atoms with van der Waals surface area (Å²) in [6, 6.07) is 0. The van der Waals surface area contributed by atoms with Crippen molar-refractivity contribution in [1.82, 2.24) is 9.78 Å². The zero-order valence-electron chi connectivity index (χ0n) is 7.58. The minimum absolute atomic E-state index is 0.618. The molecule has 0 aliphatic rings. The first-order valence-electron chi connectivity index (χ1n) is 4.02. The smallest absolute Gasteiger partial charge is 0.148 e. The van der Waals surface area contributed by atoms with E-state index in [0.717, 1.165) is 25.1 Å². The minimum atomic E-state index is 0.618. The number of hydrogen-bond donors (Lipinski definition) is 1. The van der Waals surface area contributed by atoms with Gasteiger partial charge in [0, 0.05) is 32.0 Å². The van der Waals surface area contributed by atoms with E-state index in [1.807, 2.05) is 17.8 Å². The Morgan fingerprint density at radius 2 is 2.42 bits per heavy atom. The topological polar surface area (TPSA) is 53.1 Å². The van der Waals surface area contributed by atoms with E-state index in [1.54, 1.807) is 7.11 Å². The molecule has 0 spiro atoms. The molecule has 0 atom stereocenters. The van der Waals surface area contributed by atoms with Gasteiger partial charge in [-0.25, -0.2) is 0 Å². The van der Waals surface area contributed by atoms with Crippen LogP contribution in [0.2, 0.25) is 0 Å². The molecule has 68 valence electrons. The van der Waals surface area contributed by atoms with Gasteiger partial charge in [-0.15, -0.1) is 0 Å². The molecule has 2 N–H and O–H groups in total. The summed E-state index contributed by atoms with van der Waals surface area (Å²) in [5.74, 6) is 0.618. The quantitative estimate of drug-likeness (QED) is 0.678. The lowest BCUT2D eigenvalue weighted by Crippen LogP contribution is -2.02. The first-order chi connectivity index (χ1) is 5.74. The lowest BCUT2D eigenvalue weighted by molar-refractivity contribution is 0.189. The van der Waals surface area contributed by atoms with Gasteiger partial charge in [0.15, 0.2) is 0 Å². The van der Waals surface area contributed by atoms with E-state index in [2.05, 4.69) is 5.10 Å². The van der Waals surface area contributed by atoms with E-state index >= 15 is 0 Å². The number of nitrogens with zero attached hydrogens (tertiary/aromatic N) is 2. The van der Waals surface area contributed by atoms with E-state index in [0.29, 0.717) is 5.82 Å². The van der Waals surface area contributed by atoms with Crippen molar-refractivity contribution in [2.45, 2.75) is 19.9 Å². The number of nitrogens with two attached hydrogens (primary N) is 1. The second-order valence-corrected chi connectivity index (χ2v) is 2.81. The summed E-state index contributed by atoms with van der Waals surface area (Å²) in [5, 5.41) is 4.12. The average molecular weight is 169 g/mol. The second kappa shape index (κ2) is 4.11. The van der Waals surface area contributed by atoms with Crippen molar-refractivity contribution in [3.8, 4) is 0 Å². The Labute approximate surface area is 72.3 Å². The second-order valence-electron chi connectivity index (χ2n) is 2.81. The third kappa shape index (κ3) is 2.23. The summed E-state index contributed by atoms with van der Waals surface area (Å²) in [6.07, 6.45) is 2.92. The molecular weight excluding hydrogens is 154 g/mol. The highest BCUT2D eigenvalue weighted by atomic mass is 16.5. The predicted molar refractivity (Wildman–Crippen MR) is 47.9 cm³/mol. The molecule has 0 aliphatic heterocycles. The van der Waals surface area contributed by atoms with Crippen LogP contribution in [-0.2, 0) is 11.3 Å². The maximum Gasteiger partial charge on any atom is 0.148 e. The summed E-state index contributed by atoms with van der Waals surface area (Å²) in [5.41, 5.74) is 6.62. The molecule has 1 rings (SSSR count). The van der Waals surface area contributed by atoms with Gasteiger partial charge in [-0.3, -0.25) is 4.68 Å². The van der Waals surface area contributed by atoms with Crippen molar-refractivity contribution in [3.05, 3.63) is 11.8 Å². The molecule has 4 nitrogen and oxygen atoms in total. The fraction of sp³-hybridized carbons (Fsp3) is 0.625. The highest BCUT2D eigenvalue weighted by Crippen LogP contribution is 2.06. The fourth-order valence-corrected chi connectivity index (χ4v) is 1.02. The Morgan fingerprint density at radius 3 is 2.92 bits per heavy atom. The van der Waals surface area contributed by atoms with Gasteiger partial charge in [0.1, 0.15) is 5.82 Å². The molecule has 4 heteroatoms. The molecule has 0 aromatic carbocycles. The Hall–Kier alpha value is -1.03. The first kappa shape index (κ1) is 9.06. The number of hydrogen-bond acceptors (Lipinski definition) is 3. The summed E-state index contributed by atoms with van der Waals surface area (Å²) < 4.78 is 6.78. The highest BCUT2D eigenvalue weighted by Gasteiger charge is 1.99. The number of ether oxygens (including phenoxy) is 1. The van der Waals surface area contributed by atoms with Crippen molar-refractivity contribution in [2.75, 3.05) is 19.5 Å². The lowest BCUT2D eigenvalue weighted by atomic mass is 10.4. The predicted octanol–water partition coefficient (Wildman–Crippen LogP) is 0.810. The average Bonchev–Trinajstić information content (AvgIpc) is 2.32. The van der Waals surface area contributed by atoms with Crippen molar-refractivity contribution in [1.29, 1.82) is 0 Å². The van der Waals surface area contributed by atoms with Crippen molar-refractivity contribution >= 4 is 5.82 Å². The molecule has 0 unspecified atom stereocenters. The summed E-state index contributed by atoms with van der Waals surface area (Å²) in [6.45, 7) is 3.58. The van der Waals surface area contributed by atoms with Crippen molar-refractivity contribution in [2.24, 2.45) is 0 Å². The molecule has 0 amide bonds. The van der Waals surface area contributed by atoms with Crippen molar-refractivity contribution in [3.63, 3.8) is 0 Å². The summed E-state index contributed by atoms with van der Waals surface area (Å²) >= 11 is 0. The van der Waals surface area contributed by atoms with Crippen LogP contribution in [0.4, 0.5) is 5.82 Å². The summed E-state index contributed by atoms with van der Waals surface area (Å²) in [7, 11) is 1.70. The zero-order chi connectivity index (χ0) is 8.97. The molecule has 1 heterocycles. The van der Waals surface area contributed by atoms with Gasteiger partial charge in [-0.05, 0) is 13.3 Å². The van der Waals surface area contributed by atoms with Crippen LogP contribution in [0.1, 0.15) is 12.0 Å². The largest absolute Gasteiger partial charge is 0.385 e. The Kier molecular flexibility index (Phi) is 3.10. The number of aryl methyl sites for hydroxylation is 2. The van der Waals surface area contributed by atoms with Crippen LogP contribution < -0.4 is 5.73 Å². The maximum atomic E-state index is 5.58. The summed E-state index contributed by atoms with van der Waals surface area (Å²) in [4.78, 5) is 0. The van der Waals surface area contributed by atoms with Gasteiger partial charge in [-0.1, -0.05) is 0 Å². The van der Waals surface area contributed by atoms with Gasteiger partial charge in [-0.2, -0.15) is 5.10 Å². The van der Waals surface area contributed by atoms with Gasteiger partial charge < -0.3 is 10.5 Å². The molecule has 0 bridgehead atoms. The van der Waals surface area contributed by atoms with Gasteiger partial charge in [0.25, 0.3) is 0 Å². The van der Waals surface area contributed by atoms with Gasteiger partial charge in [0.2, 0.25) is 0 Å². The minimum Gasteiger partial charge on any atom is -0.385 e. The van der Waals surface area contributed by atoms with Crippen LogP contribution in [0, 0.1) is 6.92 Å². The molecule has 1 aromatic rings. The van der Waals surface area contributed by atoms with Crippen LogP contribution in [-0.4, -0.2) is 23.5 Å². The molecule has 0 fully saturated rings. The Bertz CT molecular complexity index is 225. The third-order valence-corrected chi connectivity index (χ3v) is 1.72. The monoisotopic (exact) mass is 169 g/mol. The standard InChI is InChI=1S/C8H15N3O/c1-7-6-11(10-8(7)9)4-3-5-12-2/h6H,3-5H2,1-2H3,(H2,9,10). The molecule has 0 aliphatic carbocycles. The lowest BCUT2D eigenvalue weighted by Gasteiger charge is -1.99. The van der Waals surface area contributed by atoms with E-state index in [-0.39, 0.29) is 0 Å².